The maximum Gasteiger partial charge on any atom is 0.336 e. The number of aromatic carboxylic acids is 1. The third kappa shape index (κ3) is 5.53. The minimum atomic E-state index is -1.11. The van der Waals surface area contributed by atoms with Crippen LogP contribution >= 0.6 is 0 Å². The Morgan fingerprint density at radius 2 is 1.79 bits per heavy atom. The van der Waals surface area contributed by atoms with E-state index >= 15 is 0 Å². The molecule has 3 N–H and O–H groups in total. The number of amides is 1. The number of hydrogen-bond donors (Lipinski definition) is 3. The van der Waals surface area contributed by atoms with Gasteiger partial charge in [-0.05, 0) is 66.6 Å². The van der Waals surface area contributed by atoms with Crippen molar-refractivity contribution in [3.8, 4) is 22.5 Å². The van der Waals surface area contributed by atoms with Gasteiger partial charge in [-0.3, -0.25) is 9.79 Å². The zero-order valence-electron chi connectivity index (χ0n) is 23.7. The predicted molar refractivity (Wildman–Crippen MR) is 157 cm³/mol. The molecule has 39 heavy (non-hydrogen) atoms. The first kappa shape index (κ1) is 27.9. The average Bonchev–Trinajstić information content (AvgIpc) is 2.90. The highest BCUT2D eigenvalue weighted by molar-refractivity contribution is 6.09. The van der Waals surface area contributed by atoms with Gasteiger partial charge in [0.05, 0.1) is 10.9 Å². The predicted octanol–water partition coefficient (Wildman–Crippen LogP) is 6.59. The zero-order chi connectivity index (χ0) is 28.5. The van der Waals surface area contributed by atoms with Gasteiger partial charge in [-0.1, -0.05) is 33.8 Å². The average molecular weight is 528 g/mol. The number of anilines is 1. The standard InChI is InChI=1S/C32H37N3O4/c1-8-34-26-16-28-25(13-19(26)4)29(23-12-10-21(33-7)15-27(23)39-28)22-11-9-20(14-24(22)31(37)38)30(36)35-17-32(5,6)18(2)3/h9-16,18,33H,8,17H2,1-7H3,(H,35,36)(H,37,38). The van der Waals surface area contributed by atoms with E-state index < -0.39 is 5.97 Å². The van der Waals surface area contributed by atoms with E-state index in [1.54, 1.807) is 12.1 Å². The van der Waals surface area contributed by atoms with Crippen molar-refractivity contribution in [3.63, 3.8) is 0 Å². The van der Waals surface area contributed by atoms with E-state index in [-0.39, 0.29) is 16.9 Å². The first-order valence-corrected chi connectivity index (χ1v) is 13.3. The van der Waals surface area contributed by atoms with Crippen LogP contribution in [0.2, 0.25) is 0 Å². The lowest BCUT2D eigenvalue weighted by atomic mass is 9.81. The van der Waals surface area contributed by atoms with Gasteiger partial charge in [0.2, 0.25) is 0 Å². The summed E-state index contributed by atoms with van der Waals surface area (Å²) in [6.45, 7) is 13.5. The number of carboxylic acid groups (broad SMARTS) is 1. The lowest BCUT2D eigenvalue weighted by molar-refractivity contribution is 0.0697. The van der Waals surface area contributed by atoms with Gasteiger partial charge in [-0.25, -0.2) is 4.79 Å². The Morgan fingerprint density at radius 1 is 1.05 bits per heavy atom. The summed E-state index contributed by atoms with van der Waals surface area (Å²) in [5.74, 6) is -0.420. The SMILES string of the molecule is CCN=c1cc2oc3cc(NC)ccc3c(-c3ccc(C(=O)NCC(C)(C)C(C)C)cc3C(=O)O)c-2cc1C. The second-order valence-electron chi connectivity index (χ2n) is 10.9. The Labute approximate surface area is 229 Å². The van der Waals surface area contributed by atoms with Gasteiger partial charge >= 0.3 is 5.97 Å². The number of nitrogens with zero attached hydrogens (tertiary/aromatic N) is 1. The topological polar surface area (TPSA) is 104 Å². The Hall–Kier alpha value is -4.13. The van der Waals surface area contributed by atoms with Crippen LogP contribution in [0.5, 0.6) is 0 Å². The quantitative estimate of drug-likeness (QED) is 0.224. The van der Waals surface area contributed by atoms with E-state index in [1.165, 1.54) is 6.07 Å². The number of aryl methyl sites for hydroxylation is 1. The first-order valence-electron chi connectivity index (χ1n) is 13.3. The van der Waals surface area contributed by atoms with Gasteiger partial charge in [0.1, 0.15) is 11.3 Å². The summed E-state index contributed by atoms with van der Waals surface area (Å²) < 4.78 is 6.33. The first-order chi connectivity index (χ1) is 18.5. The molecule has 7 heteroatoms. The molecule has 0 atom stereocenters. The molecule has 1 aliphatic heterocycles. The van der Waals surface area contributed by atoms with Gasteiger partial charge < -0.3 is 20.2 Å². The maximum atomic E-state index is 13.0. The van der Waals surface area contributed by atoms with Gasteiger partial charge in [-0.15, -0.1) is 0 Å². The second kappa shape index (κ2) is 10.9. The van der Waals surface area contributed by atoms with E-state index in [1.807, 2.05) is 51.2 Å². The minimum absolute atomic E-state index is 0.0530. The van der Waals surface area contributed by atoms with Crippen molar-refractivity contribution < 1.29 is 19.1 Å². The summed E-state index contributed by atoms with van der Waals surface area (Å²) in [4.78, 5) is 30.2. The summed E-state index contributed by atoms with van der Waals surface area (Å²) in [6, 6.07) is 14.5. The van der Waals surface area contributed by atoms with E-state index in [0.717, 1.165) is 33.1 Å². The molecule has 0 unspecified atom stereocenters. The molecule has 1 aliphatic carbocycles. The number of fused-ring (bicyclic) bond motifs is 2. The summed E-state index contributed by atoms with van der Waals surface area (Å²) >= 11 is 0. The normalized spacial score (nSPS) is 12.4. The van der Waals surface area contributed by atoms with Crippen LogP contribution in [-0.4, -0.2) is 37.1 Å². The molecule has 7 nitrogen and oxygen atoms in total. The lowest BCUT2D eigenvalue weighted by Gasteiger charge is -2.29. The van der Waals surface area contributed by atoms with Crippen LogP contribution in [0.1, 0.15) is 60.9 Å². The van der Waals surface area contributed by atoms with Gasteiger partial charge in [0.25, 0.3) is 5.91 Å². The minimum Gasteiger partial charge on any atom is -0.478 e. The fourth-order valence-electron chi connectivity index (χ4n) is 4.52. The van der Waals surface area contributed by atoms with Crippen LogP contribution in [0.15, 0.2) is 57.9 Å². The highest BCUT2D eigenvalue weighted by Crippen LogP contribution is 2.42. The van der Waals surface area contributed by atoms with Gasteiger partial charge in [-0.2, -0.15) is 0 Å². The van der Waals surface area contributed by atoms with Crippen LogP contribution in [-0.2, 0) is 0 Å². The number of carboxylic acids is 1. The van der Waals surface area contributed by atoms with Crippen molar-refractivity contribution in [3.05, 3.63) is 70.6 Å². The Kier molecular flexibility index (Phi) is 7.82. The van der Waals surface area contributed by atoms with E-state index in [4.69, 9.17) is 4.42 Å². The molecule has 1 amide bonds. The number of hydrogen-bond acceptors (Lipinski definition) is 5. The molecule has 0 saturated carbocycles. The molecule has 0 saturated heterocycles. The molecule has 2 aliphatic rings. The fraction of sp³-hybridized carbons (Fsp3) is 0.344. The van der Waals surface area contributed by atoms with Crippen molar-refractivity contribution in [2.75, 3.05) is 25.5 Å². The molecular weight excluding hydrogens is 490 g/mol. The molecule has 2 aromatic rings. The summed E-state index contributed by atoms with van der Waals surface area (Å²) in [6.07, 6.45) is 0. The number of carbonyl (C=O) groups is 2. The van der Waals surface area contributed by atoms with Crippen molar-refractivity contribution in [2.24, 2.45) is 16.3 Å². The third-order valence-electron chi connectivity index (χ3n) is 7.70. The van der Waals surface area contributed by atoms with Crippen LogP contribution in [0, 0.1) is 18.3 Å². The molecular formula is C32H37N3O4. The summed E-state index contributed by atoms with van der Waals surface area (Å²) in [5, 5.41) is 18.0. The monoisotopic (exact) mass is 527 g/mol. The van der Waals surface area contributed by atoms with E-state index in [9.17, 15) is 14.7 Å². The highest BCUT2D eigenvalue weighted by Gasteiger charge is 2.25. The number of rotatable bonds is 8. The molecule has 0 aromatic heterocycles. The zero-order valence-corrected chi connectivity index (χ0v) is 23.7. The molecule has 4 rings (SSSR count). The van der Waals surface area contributed by atoms with Crippen molar-refractivity contribution in [1.82, 2.24) is 5.32 Å². The molecule has 1 heterocycles. The Morgan fingerprint density at radius 3 is 2.44 bits per heavy atom. The van der Waals surface area contributed by atoms with Crippen LogP contribution in [0.4, 0.5) is 5.69 Å². The van der Waals surface area contributed by atoms with Gasteiger partial charge in [0.15, 0.2) is 0 Å². The molecule has 0 fully saturated rings. The largest absolute Gasteiger partial charge is 0.478 e. The van der Waals surface area contributed by atoms with Crippen molar-refractivity contribution in [2.45, 2.75) is 41.5 Å². The lowest BCUT2D eigenvalue weighted by Crippen LogP contribution is -2.37. The Balaban J connectivity index is 1.94. The Bertz CT molecular complexity index is 1600. The summed E-state index contributed by atoms with van der Waals surface area (Å²) in [5.41, 5.74) is 4.76. The summed E-state index contributed by atoms with van der Waals surface area (Å²) in [7, 11) is 1.83. The number of carbonyl (C=O) groups excluding carboxylic acids is 1. The molecule has 0 bridgehead atoms. The van der Waals surface area contributed by atoms with Crippen LogP contribution < -0.4 is 16.0 Å². The van der Waals surface area contributed by atoms with Gasteiger partial charge in [0, 0.05) is 60.0 Å². The van der Waals surface area contributed by atoms with Crippen LogP contribution in [0.3, 0.4) is 0 Å². The van der Waals surface area contributed by atoms with Crippen molar-refractivity contribution in [1.29, 1.82) is 0 Å². The van der Waals surface area contributed by atoms with Crippen molar-refractivity contribution >= 4 is 28.5 Å². The van der Waals surface area contributed by atoms with E-state index in [0.29, 0.717) is 41.5 Å². The third-order valence-corrected chi connectivity index (χ3v) is 7.70. The molecule has 0 radical (unpaired) electrons. The molecule has 2 aromatic carbocycles. The van der Waals surface area contributed by atoms with E-state index in [2.05, 4.69) is 43.3 Å². The second-order valence-corrected chi connectivity index (χ2v) is 10.9. The molecule has 0 spiro atoms. The number of nitrogens with one attached hydrogen (secondary N) is 2. The highest BCUT2D eigenvalue weighted by atomic mass is 16.4. The number of benzene rings is 3. The fourth-order valence-corrected chi connectivity index (χ4v) is 4.52. The van der Waals surface area contributed by atoms with Crippen LogP contribution in [0.25, 0.3) is 33.4 Å². The smallest absolute Gasteiger partial charge is 0.336 e. The maximum absolute atomic E-state index is 13.0. The molecule has 204 valence electrons.